The number of hydrogen-bond donors (Lipinski definition) is 3. The topological polar surface area (TPSA) is 134 Å². The molecule has 0 unspecified atom stereocenters. The van der Waals surface area contributed by atoms with Gasteiger partial charge in [0.15, 0.2) is 6.10 Å². The van der Waals surface area contributed by atoms with Crippen LogP contribution in [0.1, 0.15) is 30.6 Å². The van der Waals surface area contributed by atoms with Crippen molar-refractivity contribution in [2.45, 2.75) is 31.3 Å². The number of carbonyl (C=O) groups is 3. The van der Waals surface area contributed by atoms with Crippen LogP contribution in [0.3, 0.4) is 0 Å². The molecule has 1 heterocycles. The zero-order chi connectivity index (χ0) is 23.3. The van der Waals surface area contributed by atoms with Gasteiger partial charge in [0, 0.05) is 41.8 Å². The van der Waals surface area contributed by atoms with E-state index in [1.54, 1.807) is 12.3 Å². The predicted molar refractivity (Wildman–Crippen MR) is 119 cm³/mol. The number of esters is 1. The molecule has 0 saturated carbocycles. The Balaban J connectivity index is 1.52. The lowest BCUT2D eigenvalue weighted by atomic mass is 10.1. The monoisotopic (exact) mass is 457 g/mol. The molecule has 3 aromatic rings. The lowest BCUT2D eigenvalue weighted by molar-refractivity contribution is -0.146. The molecule has 0 fully saturated rings. The number of Topliss-reactive ketones (excluding diaryl/α,β-unsaturated/α-hetero) is 1. The highest BCUT2D eigenvalue weighted by molar-refractivity contribution is 7.89. The first-order valence-electron chi connectivity index (χ1n) is 9.84. The third-order valence-electron chi connectivity index (χ3n) is 4.64. The summed E-state index contributed by atoms with van der Waals surface area (Å²) in [5, 5.41) is 3.28. The molecule has 1 atom stereocenters. The van der Waals surface area contributed by atoms with Crippen LogP contribution in [0.15, 0.2) is 59.6 Å². The highest BCUT2D eigenvalue weighted by Gasteiger charge is 2.22. The molecule has 168 valence electrons. The zero-order valence-electron chi connectivity index (χ0n) is 17.5. The second kappa shape index (κ2) is 9.75. The van der Waals surface area contributed by atoms with Gasteiger partial charge >= 0.3 is 5.97 Å². The number of nitrogens with one attached hydrogen (secondary N) is 3. The van der Waals surface area contributed by atoms with E-state index in [0.29, 0.717) is 11.3 Å². The minimum absolute atomic E-state index is 0.0112. The molecule has 0 aliphatic heterocycles. The number of anilines is 1. The van der Waals surface area contributed by atoms with Crippen LogP contribution >= 0.6 is 0 Å². The lowest BCUT2D eigenvalue weighted by Gasteiger charge is -2.12. The molecule has 0 radical (unpaired) electrons. The van der Waals surface area contributed by atoms with Crippen LogP contribution in [-0.4, -0.2) is 43.7 Å². The predicted octanol–water partition coefficient (Wildman–Crippen LogP) is 2.61. The number of benzene rings is 2. The van der Waals surface area contributed by atoms with Crippen molar-refractivity contribution in [2.24, 2.45) is 0 Å². The number of aromatic nitrogens is 1. The maximum atomic E-state index is 12.6. The number of aromatic amines is 1. The van der Waals surface area contributed by atoms with Crippen LogP contribution in [0.4, 0.5) is 5.69 Å². The van der Waals surface area contributed by atoms with E-state index < -0.39 is 22.1 Å². The average Bonchev–Trinajstić information content (AvgIpc) is 3.17. The smallest absolute Gasteiger partial charge is 0.307 e. The summed E-state index contributed by atoms with van der Waals surface area (Å²) in [6.45, 7) is 2.63. The summed E-state index contributed by atoms with van der Waals surface area (Å²) < 4.78 is 32.2. The molecule has 0 spiro atoms. The van der Waals surface area contributed by atoms with E-state index in [1.165, 1.54) is 38.1 Å². The van der Waals surface area contributed by atoms with E-state index >= 15 is 0 Å². The van der Waals surface area contributed by atoms with Crippen molar-refractivity contribution >= 4 is 44.3 Å². The van der Waals surface area contributed by atoms with Gasteiger partial charge in [-0.2, -0.15) is 0 Å². The van der Waals surface area contributed by atoms with E-state index in [1.807, 2.05) is 18.2 Å². The average molecular weight is 458 g/mol. The highest BCUT2D eigenvalue weighted by Crippen LogP contribution is 2.20. The molecule has 32 heavy (non-hydrogen) atoms. The van der Waals surface area contributed by atoms with Crippen molar-refractivity contribution < 1.29 is 27.5 Å². The molecule has 9 nitrogen and oxygen atoms in total. The van der Waals surface area contributed by atoms with Gasteiger partial charge in [-0.3, -0.25) is 14.4 Å². The number of fused-ring (bicyclic) bond motifs is 1. The molecular formula is C22H23N3O6S. The number of ketones is 1. The third kappa shape index (κ3) is 5.59. The molecule has 1 amide bonds. The summed E-state index contributed by atoms with van der Waals surface area (Å²) in [6.07, 6.45) is 0.317. The van der Waals surface area contributed by atoms with E-state index in [4.69, 9.17) is 4.74 Å². The molecule has 0 aliphatic rings. The van der Waals surface area contributed by atoms with Crippen LogP contribution in [0, 0.1) is 0 Å². The molecule has 2 aromatic carbocycles. The molecule has 10 heteroatoms. The van der Waals surface area contributed by atoms with Crippen molar-refractivity contribution in [2.75, 3.05) is 11.9 Å². The summed E-state index contributed by atoms with van der Waals surface area (Å²) in [6, 6.07) is 12.9. The largest absolute Gasteiger partial charge is 0.454 e. The maximum absolute atomic E-state index is 12.6. The number of rotatable bonds is 9. The zero-order valence-corrected chi connectivity index (χ0v) is 18.4. The van der Waals surface area contributed by atoms with Crippen LogP contribution in [0.25, 0.3) is 10.9 Å². The van der Waals surface area contributed by atoms with E-state index in [0.717, 1.165) is 10.9 Å². The number of carbonyl (C=O) groups excluding carboxylic acids is 3. The van der Waals surface area contributed by atoms with Gasteiger partial charge < -0.3 is 15.0 Å². The van der Waals surface area contributed by atoms with Gasteiger partial charge in [0.2, 0.25) is 21.7 Å². The molecule has 3 rings (SSSR count). The van der Waals surface area contributed by atoms with Crippen molar-refractivity contribution in [3.8, 4) is 0 Å². The van der Waals surface area contributed by atoms with Crippen molar-refractivity contribution in [3.63, 3.8) is 0 Å². The molecule has 0 saturated heterocycles. The Bertz CT molecular complexity index is 1250. The second-order valence-corrected chi connectivity index (χ2v) is 8.86. The summed E-state index contributed by atoms with van der Waals surface area (Å²) >= 11 is 0. The van der Waals surface area contributed by atoms with Crippen LogP contribution in [-0.2, 0) is 24.3 Å². The summed E-state index contributed by atoms with van der Waals surface area (Å²) in [4.78, 5) is 38.8. The van der Waals surface area contributed by atoms with Gasteiger partial charge in [-0.15, -0.1) is 0 Å². The van der Waals surface area contributed by atoms with Crippen molar-refractivity contribution in [1.82, 2.24) is 9.71 Å². The Hall–Kier alpha value is -3.50. The SMILES string of the molecule is CC(=O)Nc1ccc(S(=O)(=O)NCCC(=O)O[C@H](C)C(=O)c2c[nH]c3ccccc23)cc1. The van der Waals surface area contributed by atoms with Crippen molar-refractivity contribution in [3.05, 3.63) is 60.3 Å². The van der Waals surface area contributed by atoms with Gasteiger partial charge in [-0.25, -0.2) is 13.1 Å². The van der Waals surface area contributed by atoms with Crippen LogP contribution in [0.5, 0.6) is 0 Å². The van der Waals surface area contributed by atoms with E-state index in [-0.39, 0.29) is 29.6 Å². The van der Waals surface area contributed by atoms with Crippen LogP contribution < -0.4 is 10.0 Å². The summed E-state index contributed by atoms with van der Waals surface area (Å²) in [5.74, 6) is -1.32. The number of para-hydroxylation sites is 1. The summed E-state index contributed by atoms with van der Waals surface area (Å²) in [7, 11) is -3.85. The Labute approximate surface area is 185 Å². The fourth-order valence-corrected chi connectivity index (χ4v) is 4.13. The lowest BCUT2D eigenvalue weighted by Crippen LogP contribution is -2.29. The second-order valence-electron chi connectivity index (χ2n) is 7.10. The Morgan fingerprint density at radius 1 is 1.06 bits per heavy atom. The number of ether oxygens (including phenoxy) is 1. The molecule has 0 aliphatic carbocycles. The fraction of sp³-hybridized carbons (Fsp3) is 0.227. The Morgan fingerprint density at radius 3 is 2.44 bits per heavy atom. The van der Waals surface area contributed by atoms with Gasteiger partial charge in [0.1, 0.15) is 0 Å². The standard InChI is InChI=1S/C22H23N3O6S/c1-14(22(28)19-13-23-20-6-4-3-5-18(19)20)31-21(27)11-12-24-32(29,30)17-9-7-16(8-10-17)25-15(2)26/h3-10,13-14,23-24H,11-12H2,1-2H3,(H,25,26)/t14-/m1/s1. The van der Waals surface area contributed by atoms with Gasteiger partial charge in [0.25, 0.3) is 0 Å². The first-order valence-corrected chi connectivity index (χ1v) is 11.3. The third-order valence-corrected chi connectivity index (χ3v) is 6.12. The normalized spacial score (nSPS) is 12.3. The summed E-state index contributed by atoms with van der Waals surface area (Å²) in [5.41, 5.74) is 1.69. The molecule has 0 bridgehead atoms. The highest BCUT2D eigenvalue weighted by atomic mass is 32.2. The van der Waals surface area contributed by atoms with E-state index in [2.05, 4.69) is 15.0 Å². The number of hydrogen-bond acceptors (Lipinski definition) is 6. The quantitative estimate of drug-likeness (QED) is 0.334. The number of sulfonamides is 1. The Morgan fingerprint density at radius 2 is 1.75 bits per heavy atom. The fourth-order valence-electron chi connectivity index (χ4n) is 3.10. The minimum atomic E-state index is -3.85. The molecule has 3 N–H and O–H groups in total. The minimum Gasteiger partial charge on any atom is -0.454 e. The van der Waals surface area contributed by atoms with E-state index in [9.17, 15) is 22.8 Å². The van der Waals surface area contributed by atoms with Gasteiger partial charge in [0.05, 0.1) is 11.3 Å². The van der Waals surface area contributed by atoms with Crippen LogP contribution in [0.2, 0.25) is 0 Å². The Kier molecular flexibility index (Phi) is 7.06. The number of H-pyrrole nitrogens is 1. The van der Waals surface area contributed by atoms with Gasteiger partial charge in [-0.05, 0) is 37.3 Å². The van der Waals surface area contributed by atoms with Crippen molar-refractivity contribution in [1.29, 1.82) is 0 Å². The molecular weight excluding hydrogens is 434 g/mol. The number of amides is 1. The first kappa shape index (κ1) is 23.2. The van der Waals surface area contributed by atoms with Gasteiger partial charge in [-0.1, -0.05) is 18.2 Å². The first-order chi connectivity index (χ1) is 15.2. The maximum Gasteiger partial charge on any atom is 0.307 e. The molecule has 1 aromatic heterocycles.